The van der Waals surface area contributed by atoms with Crippen molar-refractivity contribution in [1.29, 1.82) is 5.41 Å². The minimum atomic E-state index is 0.0656. The van der Waals surface area contributed by atoms with E-state index in [1.165, 1.54) is 19.5 Å². The maximum absolute atomic E-state index is 8.03. The van der Waals surface area contributed by atoms with E-state index in [-0.39, 0.29) is 11.3 Å². The van der Waals surface area contributed by atoms with Crippen LogP contribution in [0.3, 0.4) is 0 Å². The molecule has 1 unspecified atom stereocenters. The quantitative estimate of drug-likeness (QED) is 0.797. The van der Waals surface area contributed by atoms with Gasteiger partial charge in [0, 0.05) is 32.4 Å². The summed E-state index contributed by atoms with van der Waals surface area (Å²) in [5, 5.41) is 13.8. The van der Waals surface area contributed by atoms with E-state index in [4.69, 9.17) is 10.8 Å². The van der Waals surface area contributed by atoms with Gasteiger partial charge in [-0.2, -0.15) is 0 Å². The lowest BCUT2D eigenvalue weighted by molar-refractivity contribution is -0.111. The van der Waals surface area contributed by atoms with Crippen molar-refractivity contribution in [2.24, 2.45) is 0 Å². The molecule has 0 spiro atoms. The van der Waals surface area contributed by atoms with Crippen LogP contribution in [0.15, 0.2) is 24.3 Å². The van der Waals surface area contributed by atoms with Gasteiger partial charge >= 0.3 is 0 Å². The average Bonchev–Trinajstić information content (AvgIpc) is 3.04. The van der Waals surface area contributed by atoms with Gasteiger partial charge in [0.1, 0.15) is 5.71 Å². The molecule has 0 fully saturated rings. The summed E-state index contributed by atoms with van der Waals surface area (Å²) in [4.78, 5) is 5.19. The summed E-state index contributed by atoms with van der Waals surface area (Å²) in [6.07, 6.45) is 0. The Balaban J connectivity index is 2.26. The Labute approximate surface area is 134 Å². The molecule has 2 rings (SSSR count). The van der Waals surface area contributed by atoms with Gasteiger partial charge in [-0.05, 0) is 29.7 Å². The lowest BCUT2D eigenvalue weighted by Crippen LogP contribution is -2.43. The van der Waals surface area contributed by atoms with E-state index in [1.807, 2.05) is 18.3 Å². The molecule has 0 radical (unpaired) electrons. The third-order valence-electron chi connectivity index (χ3n) is 3.50. The summed E-state index contributed by atoms with van der Waals surface area (Å²) in [5.41, 5.74) is 1.32. The maximum atomic E-state index is 8.03. The summed E-state index contributed by atoms with van der Waals surface area (Å²) in [6.45, 7) is 10.6. The molecule has 2 aromatic rings. The van der Waals surface area contributed by atoms with Gasteiger partial charge < -0.3 is 0 Å². The molecule has 2 heterocycles. The molecule has 0 saturated heterocycles. The number of hydrogen-bond donors (Lipinski definition) is 2. The van der Waals surface area contributed by atoms with Gasteiger partial charge in [0.05, 0.1) is 0 Å². The van der Waals surface area contributed by atoms with Crippen LogP contribution in [0.5, 0.6) is 0 Å². The second-order valence-electron chi connectivity index (χ2n) is 6.43. The molecule has 2 nitrogen and oxygen atoms in total. The van der Waals surface area contributed by atoms with Gasteiger partial charge in [0.25, 0.3) is 0 Å². The predicted octanol–water partition coefficient (Wildman–Crippen LogP) is 4.12. The first-order valence-corrected chi connectivity index (χ1v) is 8.71. The van der Waals surface area contributed by atoms with Crippen LogP contribution in [0, 0.1) is 5.41 Å². The van der Waals surface area contributed by atoms with Crippen molar-refractivity contribution >= 4 is 34.1 Å². The SMILES string of the molecule is CC(=[NH2+])C(=N)C(C)c1ccc(-c2ccc(C(C)(C)C)s2)s1. The highest BCUT2D eigenvalue weighted by Crippen LogP contribution is 2.39. The molecule has 0 aliphatic rings. The van der Waals surface area contributed by atoms with Crippen LogP contribution in [0.1, 0.15) is 50.3 Å². The molecular formula is C17H23N2S2+. The van der Waals surface area contributed by atoms with Crippen LogP contribution in [0.2, 0.25) is 0 Å². The molecule has 112 valence electrons. The summed E-state index contributed by atoms with van der Waals surface area (Å²) in [7, 11) is 0. The minimum Gasteiger partial charge on any atom is -0.298 e. The molecule has 0 amide bonds. The second-order valence-corrected chi connectivity index (χ2v) is 8.63. The van der Waals surface area contributed by atoms with E-state index in [9.17, 15) is 0 Å². The number of rotatable bonds is 4. The third kappa shape index (κ3) is 3.50. The van der Waals surface area contributed by atoms with Crippen LogP contribution in [-0.2, 0) is 5.41 Å². The predicted molar refractivity (Wildman–Crippen MR) is 95.1 cm³/mol. The van der Waals surface area contributed by atoms with E-state index in [0.29, 0.717) is 11.4 Å². The molecule has 4 heteroatoms. The van der Waals surface area contributed by atoms with E-state index < -0.39 is 0 Å². The van der Waals surface area contributed by atoms with Crippen molar-refractivity contribution < 1.29 is 5.41 Å². The Morgan fingerprint density at radius 2 is 1.67 bits per heavy atom. The van der Waals surface area contributed by atoms with Crippen molar-refractivity contribution in [3.05, 3.63) is 34.0 Å². The molecule has 0 saturated carbocycles. The van der Waals surface area contributed by atoms with Crippen molar-refractivity contribution in [3.63, 3.8) is 0 Å². The number of hydrogen-bond acceptors (Lipinski definition) is 3. The van der Waals surface area contributed by atoms with Crippen LogP contribution in [0.4, 0.5) is 0 Å². The standard InChI is InChI=1S/C17H22N2S2/c1-10(16(19)11(2)18)12-6-7-13(20-12)14-8-9-15(21-14)17(3,4)5/h6-10,18-19H,1-5H3/p+1. The van der Waals surface area contributed by atoms with E-state index in [1.54, 1.807) is 18.3 Å². The van der Waals surface area contributed by atoms with E-state index in [2.05, 4.69) is 45.0 Å². The smallest absolute Gasteiger partial charge is 0.191 e. The molecule has 0 aromatic carbocycles. The van der Waals surface area contributed by atoms with Crippen LogP contribution in [-0.4, -0.2) is 11.4 Å². The highest BCUT2D eigenvalue weighted by atomic mass is 32.1. The fraction of sp³-hybridized carbons (Fsp3) is 0.412. The van der Waals surface area contributed by atoms with Crippen molar-refractivity contribution in [1.82, 2.24) is 0 Å². The molecule has 0 aliphatic carbocycles. The van der Waals surface area contributed by atoms with E-state index >= 15 is 0 Å². The molecule has 3 N–H and O–H groups in total. The highest BCUT2D eigenvalue weighted by molar-refractivity contribution is 7.22. The first kappa shape index (κ1) is 16.1. The average molecular weight is 320 g/mol. The largest absolute Gasteiger partial charge is 0.298 e. The van der Waals surface area contributed by atoms with Gasteiger partial charge in [0.15, 0.2) is 5.71 Å². The minimum absolute atomic E-state index is 0.0656. The molecule has 21 heavy (non-hydrogen) atoms. The fourth-order valence-corrected chi connectivity index (χ4v) is 4.30. The Hall–Kier alpha value is -1.26. The summed E-state index contributed by atoms with van der Waals surface area (Å²) in [5.74, 6) is 0.0656. The lowest BCUT2D eigenvalue weighted by atomic mass is 9.95. The van der Waals surface area contributed by atoms with Gasteiger partial charge in [-0.15, -0.1) is 22.7 Å². The molecule has 2 aromatic heterocycles. The third-order valence-corrected chi connectivity index (χ3v) is 6.47. The van der Waals surface area contributed by atoms with Crippen LogP contribution >= 0.6 is 22.7 Å². The van der Waals surface area contributed by atoms with E-state index in [0.717, 1.165) is 0 Å². The van der Waals surface area contributed by atoms with Crippen molar-refractivity contribution in [2.75, 3.05) is 0 Å². The zero-order valence-electron chi connectivity index (χ0n) is 13.3. The number of nitrogens with two attached hydrogens (primary N) is 1. The Morgan fingerprint density at radius 3 is 2.19 bits per heavy atom. The van der Waals surface area contributed by atoms with Crippen LogP contribution < -0.4 is 5.41 Å². The van der Waals surface area contributed by atoms with Gasteiger partial charge in [0.2, 0.25) is 0 Å². The first-order valence-electron chi connectivity index (χ1n) is 7.08. The summed E-state index contributed by atoms with van der Waals surface area (Å²) in [6, 6.07) is 8.71. The topological polar surface area (TPSA) is 49.4 Å². The number of thiophene rings is 2. The van der Waals surface area contributed by atoms with Crippen molar-refractivity contribution in [2.45, 2.75) is 46.0 Å². The molecular weight excluding hydrogens is 296 g/mol. The fourth-order valence-electron chi connectivity index (χ4n) is 2.08. The van der Waals surface area contributed by atoms with Crippen molar-refractivity contribution in [3.8, 4) is 9.75 Å². The zero-order valence-corrected chi connectivity index (χ0v) is 14.9. The Bertz CT molecular complexity index is 671. The maximum Gasteiger partial charge on any atom is 0.191 e. The number of nitrogens with one attached hydrogen (secondary N) is 1. The Kier molecular flexibility index (Phi) is 4.49. The molecule has 0 aliphatic heterocycles. The highest BCUT2D eigenvalue weighted by Gasteiger charge is 2.20. The van der Waals surface area contributed by atoms with Crippen LogP contribution in [0.25, 0.3) is 9.75 Å². The second kappa shape index (κ2) is 5.85. The summed E-state index contributed by atoms with van der Waals surface area (Å²) >= 11 is 3.62. The Morgan fingerprint density at radius 1 is 1.10 bits per heavy atom. The first-order chi connectivity index (χ1) is 9.70. The molecule has 0 bridgehead atoms. The van der Waals surface area contributed by atoms with Gasteiger partial charge in [-0.1, -0.05) is 27.7 Å². The lowest BCUT2D eigenvalue weighted by Gasteiger charge is -2.15. The molecule has 1 atom stereocenters. The normalized spacial score (nSPS) is 13.2. The van der Waals surface area contributed by atoms with Gasteiger partial charge in [-0.25, -0.2) is 0 Å². The summed E-state index contributed by atoms with van der Waals surface area (Å²) < 4.78 is 0. The monoisotopic (exact) mass is 319 g/mol. The van der Waals surface area contributed by atoms with Gasteiger partial charge in [-0.3, -0.25) is 10.8 Å². The zero-order chi connectivity index (χ0) is 15.8.